The van der Waals surface area contributed by atoms with Crippen LogP contribution in [-0.2, 0) is 14.3 Å². The van der Waals surface area contributed by atoms with Crippen LogP contribution >= 0.6 is 0 Å². The highest BCUT2D eigenvalue weighted by Crippen LogP contribution is 2.20. The maximum atomic E-state index is 12.4. The Labute approximate surface area is 495 Å². The van der Waals surface area contributed by atoms with E-state index in [0.717, 1.165) is 38.5 Å². The molecule has 470 valence electrons. The second-order valence-electron chi connectivity index (χ2n) is 25.3. The minimum Gasteiger partial charge on any atom is -0.466 e. The number of allylic oxidation sites excluding steroid dienone is 1. The minimum atomic E-state index is -0.837. The average Bonchev–Trinajstić information content (AvgIpc) is 3.45. The van der Waals surface area contributed by atoms with Crippen LogP contribution in [0.5, 0.6) is 0 Å². The zero-order valence-corrected chi connectivity index (χ0v) is 53.9. The highest BCUT2D eigenvalue weighted by molar-refractivity contribution is 5.76. The maximum Gasteiger partial charge on any atom is 0.305 e. The van der Waals surface area contributed by atoms with Crippen molar-refractivity contribution in [3.8, 4) is 0 Å². The molecule has 0 rings (SSSR count). The molecule has 0 fully saturated rings. The predicted octanol–water partition coefficient (Wildman–Crippen LogP) is 23.5. The molecule has 0 heterocycles. The number of ether oxygens (including phenoxy) is 1. The summed E-state index contributed by atoms with van der Waals surface area (Å²) in [6.45, 7) is 4.92. The van der Waals surface area contributed by atoms with Gasteiger partial charge in [0.15, 0.2) is 0 Å². The third-order valence-electron chi connectivity index (χ3n) is 17.3. The standard InChI is InChI=1S/C73H143NO5/c1-3-5-7-9-11-13-15-43-47-51-55-59-63-67-73(78)79-68-64-60-56-52-48-45-42-40-38-36-34-32-30-28-26-24-22-20-18-16-17-19-21-23-25-27-29-31-33-35-37-39-41-44-46-50-54-58-62-66-72(77)74-70(69-75)71(76)65-61-57-53-49-14-12-10-8-6-4-2/h61,65,70-71,75-76H,3-60,62-64,66-69H2,1-2H3,(H,74,77)/b65-61+. The molecule has 2 atom stereocenters. The summed E-state index contributed by atoms with van der Waals surface area (Å²) in [4.78, 5) is 24.5. The molecule has 6 nitrogen and oxygen atoms in total. The number of esters is 1. The molecule has 0 saturated carbocycles. The monoisotopic (exact) mass is 1110 g/mol. The van der Waals surface area contributed by atoms with E-state index in [-0.39, 0.29) is 18.5 Å². The molecular weight excluding hydrogens is 971 g/mol. The fourth-order valence-corrected chi connectivity index (χ4v) is 11.8. The summed E-state index contributed by atoms with van der Waals surface area (Å²) >= 11 is 0. The van der Waals surface area contributed by atoms with Crippen LogP contribution in [0.3, 0.4) is 0 Å². The number of amides is 1. The first-order valence-corrected chi connectivity index (χ1v) is 36.5. The van der Waals surface area contributed by atoms with Gasteiger partial charge in [-0.1, -0.05) is 386 Å². The lowest BCUT2D eigenvalue weighted by Gasteiger charge is -2.20. The van der Waals surface area contributed by atoms with Crippen molar-refractivity contribution in [3.63, 3.8) is 0 Å². The summed E-state index contributed by atoms with van der Waals surface area (Å²) in [6.07, 6.45) is 86.2. The number of carbonyl (C=O) groups is 2. The second-order valence-corrected chi connectivity index (χ2v) is 25.3. The Hall–Kier alpha value is -1.40. The van der Waals surface area contributed by atoms with Crippen molar-refractivity contribution in [2.75, 3.05) is 13.2 Å². The molecule has 0 spiro atoms. The Morgan fingerprint density at radius 1 is 0.342 bits per heavy atom. The summed E-state index contributed by atoms with van der Waals surface area (Å²) in [6, 6.07) is -0.620. The van der Waals surface area contributed by atoms with Gasteiger partial charge < -0.3 is 20.3 Å². The smallest absolute Gasteiger partial charge is 0.305 e. The summed E-state index contributed by atoms with van der Waals surface area (Å²) in [5, 5.41) is 23.0. The van der Waals surface area contributed by atoms with Gasteiger partial charge in [0.1, 0.15) is 0 Å². The van der Waals surface area contributed by atoms with Gasteiger partial charge in [0.25, 0.3) is 0 Å². The van der Waals surface area contributed by atoms with Crippen molar-refractivity contribution in [2.24, 2.45) is 0 Å². The predicted molar refractivity (Wildman–Crippen MR) is 347 cm³/mol. The topological polar surface area (TPSA) is 95.9 Å². The molecule has 0 bridgehead atoms. The fraction of sp³-hybridized carbons (Fsp3) is 0.945. The second kappa shape index (κ2) is 69.1. The molecule has 0 aliphatic rings. The molecule has 0 aromatic heterocycles. The van der Waals surface area contributed by atoms with Crippen molar-refractivity contribution in [3.05, 3.63) is 12.2 Å². The van der Waals surface area contributed by atoms with Crippen molar-refractivity contribution in [2.45, 2.75) is 431 Å². The number of unbranched alkanes of at least 4 members (excludes halogenated alkanes) is 58. The van der Waals surface area contributed by atoms with Crippen molar-refractivity contribution in [1.82, 2.24) is 5.32 Å². The Morgan fingerprint density at radius 3 is 0.861 bits per heavy atom. The van der Waals surface area contributed by atoms with E-state index < -0.39 is 12.1 Å². The molecule has 1 amide bonds. The van der Waals surface area contributed by atoms with Crippen molar-refractivity contribution >= 4 is 11.9 Å². The van der Waals surface area contributed by atoms with Crippen LogP contribution in [0.2, 0.25) is 0 Å². The largest absolute Gasteiger partial charge is 0.466 e. The number of rotatable bonds is 69. The number of aliphatic hydroxyl groups excluding tert-OH is 2. The van der Waals surface area contributed by atoms with E-state index in [4.69, 9.17) is 4.74 Å². The van der Waals surface area contributed by atoms with Crippen LogP contribution in [0.1, 0.15) is 418 Å². The van der Waals surface area contributed by atoms with E-state index in [0.29, 0.717) is 19.4 Å². The number of carbonyl (C=O) groups excluding carboxylic acids is 2. The molecule has 2 unspecified atom stereocenters. The quantitative estimate of drug-likeness (QED) is 0.0320. The lowest BCUT2D eigenvalue weighted by Crippen LogP contribution is -2.45. The molecule has 0 saturated heterocycles. The van der Waals surface area contributed by atoms with Crippen molar-refractivity contribution < 1.29 is 24.5 Å². The molecule has 79 heavy (non-hydrogen) atoms. The van der Waals surface area contributed by atoms with Crippen LogP contribution in [0.15, 0.2) is 12.2 Å². The third kappa shape index (κ3) is 65.6. The Morgan fingerprint density at radius 2 is 0.582 bits per heavy atom. The molecule has 0 radical (unpaired) electrons. The van der Waals surface area contributed by atoms with Crippen LogP contribution in [0.25, 0.3) is 0 Å². The summed E-state index contributed by atoms with van der Waals surface area (Å²) in [7, 11) is 0. The van der Waals surface area contributed by atoms with E-state index in [2.05, 4.69) is 19.2 Å². The number of aliphatic hydroxyl groups is 2. The van der Waals surface area contributed by atoms with E-state index in [1.807, 2.05) is 6.08 Å². The highest BCUT2D eigenvalue weighted by Gasteiger charge is 2.18. The van der Waals surface area contributed by atoms with Crippen LogP contribution in [-0.4, -0.2) is 47.4 Å². The van der Waals surface area contributed by atoms with Gasteiger partial charge in [-0.25, -0.2) is 0 Å². The van der Waals surface area contributed by atoms with Gasteiger partial charge in [0, 0.05) is 12.8 Å². The Bertz CT molecular complexity index is 1190. The summed E-state index contributed by atoms with van der Waals surface area (Å²) in [5.41, 5.74) is 0. The van der Waals surface area contributed by atoms with Crippen molar-refractivity contribution in [1.29, 1.82) is 0 Å². The van der Waals surface area contributed by atoms with E-state index >= 15 is 0 Å². The SMILES string of the molecule is CCCCCCCCCC/C=C/C(O)C(CO)NC(=O)CCCCCCCCCCCCCCCCCCCCCCCCCCCCCCCCCCCCCCCCCOC(=O)CCCCCCCCCCCCCCC. The van der Waals surface area contributed by atoms with Gasteiger partial charge in [-0.15, -0.1) is 0 Å². The molecule has 6 heteroatoms. The van der Waals surface area contributed by atoms with Gasteiger partial charge in [0.05, 0.1) is 25.4 Å². The lowest BCUT2D eigenvalue weighted by atomic mass is 10.0. The number of hydrogen-bond donors (Lipinski definition) is 3. The normalized spacial score (nSPS) is 12.5. The Kier molecular flexibility index (Phi) is 67.9. The molecule has 3 N–H and O–H groups in total. The number of nitrogens with one attached hydrogen (secondary N) is 1. The van der Waals surface area contributed by atoms with Gasteiger partial charge in [-0.2, -0.15) is 0 Å². The van der Waals surface area contributed by atoms with Crippen LogP contribution in [0, 0.1) is 0 Å². The molecule has 0 aromatic carbocycles. The first-order chi connectivity index (χ1) is 39.0. The highest BCUT2D eigenvalue weighted by atomic mass is 16.5. The minimum absolute atomic E-state index is 0.0261. The zero-order chi connectivity index (χ0) is 57.1. The summed E-state index contributed by atoms with van der Waals surface area (Å²) < 4.78 is 5.49. The molecular formula is C73H143NO5. The van der Waals surface area contributed by atoms with Gasteiger partial charge >= 0.3 is 5.97 Å². The molecule has 0 aliphatic carbocycles. The Balaban J connectivity index is 3.26. The van der Waals surface area contributed by atoms with E-state index in [9.17, 15) is 19.8 Å². The average molecular weight is 1110 g/mol. The zero-order valence-electron chi connectivity index (χ0n) is 53.9. The van der Waals surface area contributed by atoms with Crippen LogP contribution in [0.4, 0.5) is 0 Å². The molecule has 0 aromatic rings. The first-order valence-electron chi connectivity index (χ1n) is 36.5. The van der Waals surface area contributed by atoms with E-state index in [1.54, 1.807) is 6.08 Å². The third-order valence-corrected chi connectivity index (χ3v) is 17.3. The lowest BCUT2D eigenvalue weighted by molar-refractivity contribution is -0.143. The fourth-order valence-electron chi connectivity index (χ4n) is 11.8. The van der Waals surface area contributed by atoms with Crippen LogP contribution < -0.4 is 5.32 Å². The molecule has 0 aliphatic heterocycles. The van der Waals surface area contributed by atoms with Gasteiger partial charge in [-0.3, -0.25) is 9.59 Å². The summed E-state index contributed by atoms with van der Waals surface area (Å²) in [5.74, 6) is -0.0355. The number of hydrogen-bond acceptors (Lipinski definition) is 5. The first kappa shape index (κ1) is 77.6. The van der Waals surface area contributed by atoms with Gasteiger partial charge in [0.2, 0.25) is 5.91 Å². The van der Waals surface area contributed by atoms with E-state index in [1.165, 1.54) is 353 Å². The maximum absolute atomic E-state index is 12.4. The van der Waals surface area contributed by atoms with Gasteiger partial charge in [-0.05, 0) is 32.1 Å².